The second-order valence-electron chi connectivity index (χ2n) is 7.88. The molecule has 6 nitrogen and oxygen atoms in total. The fraction of sp³-hybridized carbons (Fsp3) is 0.250. The number of carbonyl (C=O) groups is 2. The van der Waals surface area contributed by atoms with E-state index in [-0.39, 0.29) is 4.83 Å². The normalized spacial score (nSPS) is 19.2. The quantitative estimate of drug-likeness (QED) is 0.174. The van der Waals surface area contributed by atoms with Gasteiger partial charge in [0.25, 0.3) is 0 Å². The van der Waals surface area contributed by atoms with E-state index < -0.39 is 17.2 Å². The van der Waals surface area contributed by atoms with Gasteiger partial charge in [0, 0.05) is 16.7 Å². The molecule has 1 aliphatic carbocycles. The summed E-state index contributed by atoms with van der Waals surface area (Å²) < 4.78 is 7.35. The molecule has 0 saturated carbocycles. The summed E-state index contributed by atoms with van der Waals surface area (Å²) in [4.78, 5) is 24.3. The molecule has 4 rings (SSSR count). The number of ether oxygens (including phenoxy) is 1. The van der Waals surface area contributed by atoms with Gasteiger partial charge in [-0.25, -0.2) is 0 Å². The van der Waals surface area contributed by atoms with E-state index in [9.17, 15) is 9.59 Å². The summed E-state index contributed by atoms with van der Waals surface area (Å²) in [6.45, 7) is 3.94. The van der Waals surface area contributed by atoms with Gasteiger partial charge in [0.1, 0.15) is 11.4 Å². The van der Waals surface area contributed by atoms with Crippen LogP contribution in [0.5, 0.6) is 0 Å². The molecule has 2 aromatic rings. The molecule has 1 heterocycles. The van der Waals surface area contributed by atoms with E-state index >= 15 is 0 Å². The van der Waals surface area contributed by atoms with Crippen molar-refractivity contribution in [3.8, 4) is 0 Å². The Morgan fingerprint density at radius 1 is 1.12 bits per heavy atom. The van der Waals surface area contributed by atoms with Gasteiger partial charge in [-0.3, -0.25) is 9.59 Å². The van der Waals surface area contributed by atoms with Crippen LogP contribution in [0.4, 0.5) is 0 Å². The molecule has 0 saturated heterocycles. The molecule has 0 spiro atoms. The number of hydrogen-bond acceptors (Lipinski definition) is 6. The fourth-order valence-corrected chi connectivity index (χ4v) is 5.32. The average molecular weight is 563 g/mol. The first-order valence-corrected chi connectivity index (χ1v) is 13.1. The first-order chi connectivity index (χ1) is 15.2. The van der Waals surface area contributed by atoms with E-state index in [0.717, 1.165) is 16.6 Å². The molecule has 1 atom stereocenters. The molecule has 0 fully saturated rings. The van der Waals surface area contributed by atoms with Crippen molar-refractivity contribution in [2.45, 2.75) is 36.0 Å². The Kier molecular flexibility index (Phi) is 7.95. The van der Waals surface area contributed by atoms with Crippen LogP contribution >= 0.6 is 15.9 Å². The van der Waals surface area contributed by atoms with Crippen molar-refractivity contribution in [1.82, 2.24) is 5.43 Å². The molecule has 1 aliphatic heterocycles. The summed E-state index contributed by atoms with van der Waals surface area (Å²) in [5, 5.41) is 0.890. The number of rotatable bonds is 4. The number of benzene rings is 2. The van der Waals surface area contributed by atoms with Crippen molar-refractivity contribution >= 4 is 52.7 Å². The zero-order valence-electron chi connectivity index (χ0n) is 17.9. The summed E-state index contributed by atoms with van der Waals surface area (Å²) >= 11 is 3.94. The van der Waals surface area contributed by atoms with Crippen LogP contribution in [0.3, 0.4) is 0 Å². The average Bonchev–Trinajstić information content (AvgIpc) is 2.79. The van der Waals surface area contributed by atoms with Gasteiger partial charge in [-0.15, -0.1) is 0 Å². The SMILES string of the molecule is CC1(C)OC2=C(CC1Br)C(=O)C(=O)c1ccccc12.NN/C=C(\N)C[Se]c1ccccc1. The molecule has 0 aromatic heterocycles. The van der Waals surface area contributed by atoms with E-state index in [1.54, 1.807) is 18.3 Å². The van der Waals surface area contributed by atoms with Gasteiger partial charge in [-0.2, -0.15) is 0 Å². The van der Waals surface area contributed by atoms with Crippen LogP contribution < -0.4 is 21.5 Å². The molecule has 0 radical (unpaired) electrons. The number of fused-ring (bicyclic) bond motifs is 2. The van der Waals surface area contributed by atoms with Gasteiger partial charge in [0.05, 0.1) is 4.83 Å². The van der Waals surface area contributed by atoms with Crippen LogP contribution in [-0.2, 0) is 9.53 Å². The Labute approximate surface area is 202 Å². The van der Waals surface area contributed by atoms with E-state index in [4.69, 9.17) is 16.3 Å². The number of Topliss-reactive ketones (excluding diaryl/α,β-unsaturated/α-hetero) is 2. The molecule has 5 N–H and O–H groups in total. The van der Waals surface area contributed by atoms with Crippen molar-refractivity contribution in [3.63, 3.8) is 0 Å². The molecule has 168 valence electrons. The molecule has 32 heavy (non-hydrogen) atoms. The molecule has 2 aromatic carbocycles. The molecule has 1 unspecified atom stereocenters. The van der Waals surface area contributed by atoms with Crippen LogP contribution in [-0.4, -0.2) is 37.0 Å². The van der Waals surface area contributed by atoms with Crippen LogP contribution in [0.25, 0.3) is 5.76 Å². The Morgan fingerprint density at radius 3 is 2.41 bits per heavy atom. The number of ketones is 2. The Hall–Kier alpha value is -2.38. The summed E-state index contributed by atoms with van der Waals surface area (Å²) in [5.74, 6) is 4.80. The van der Waals surface area contributed by atoms with Gasteiger partial charge < -0.3 is 4.74 Å². The minimum absolute atomic E-state index is 0.0146. The predicted octanol–water partition coefficient (Wildman–Crippen LogP) is 2.82. The molecule has 0 bridgehead atoms. The number of nitrogens with one attached hydrogen (secondary N) is 1. The second kappa shape index (κ2) is 10.5. The Balaban J connectivity index is 0.000000195. The van der Waals surface area contributed by atoms with E-state index in [0.29, 0.717) is 38.3 Å². The van der Waals surface area contributed by atoms with Gasteiger partial charge in [0.15, 0.2) is 0 Å². The van der Waals surface area contributed by atoms with Gasteiger partial charge in [-0.05, 0) is 20.3 Å². The van der Waals surface area contributed by atoms with Crippen molar-refractivity contribution in [2.75, 3.05) is 0 Å². The summed E-state index contributed by atoms with van der Waals surface area (Å²) in [5.41, 5.74) is 10.1. The molecule has 2 aliphatic rings. The van der Waals surface area contributed by atoms with Crippen LogP contribution in [0, 0.1) is 0 Å². The van der Waals surface area contributed by atoms with Gasteiger partial charge in [-0.1, -0.05) is 40.2 Å². The fourth-order valence-electron chi connectivity index (χ4n) is 3.29. The molecule has 8 heteroatoms. The number of halogens is 1. The molecule has 0 amide bonds. The first kappa shape index (κ1) is 24.3. The summed E-state index contributed by atoms with van der Waals surface area (Å²) in [6.07, 6.45) is 2.14. The second-order valence-corrected chi connectivity index (χ2v) is 11.2. The maximum absolute atomic E-state index is 12.2. The maximum atomic E-state index is 12.2. The third kappa shape index (κ3) is 5.51. The van der Waals surface area contributed by atoms with Crippen molar-refractivity contribution in [2.24, 2.45) is 11.6 Å². The van der Waals surface area contributed by atoms with Crippen LogP contribution in [0.2, 0.25) is 5.32 Å². The zero-order valence-corrected chi connectivity index (χ0v) is 21.2. The zero-order chi connectivity index (χ0) is 23.3. The van der Waals surface area contributed by atoms with E-state index in [1.807, 2.05) is 44.2 Å². The van der Waals surface area contributed by atoms with Crippen molar-refractivity contribution in [3.05, 3.63) is 83.2 Å². The van der Waals surface area contributed by atoms with Gasteiger partial charge >= 0.3 is 84.0 Å². The monoisotopic (exact) mass is 563 g/mol. The van der Waals surface area contributed by atoms with Crippen LogP contribution in [0.1, 0.15) is 36.2 Å². The third-order valence-corrected chi connectivity index (χ3v) is 8.79. The van der Waals surface area contributed by atoms with Crippen molar-refractivity contribution < 1.29 is 14.3 Å². The number of alkyl halides is 1. The van der Waals surface area contributed by atoms with Crippen LogP contribution in [0.15, 0.2) is 72.1 Å². The number of allylic oxidation sites excluding steroid dienone is 2. The number of hydrazine groups is 1. The number of carbonyl (C=O) groups excluding carboxylic acids is 2. The first-order valence-electron chi connectivity index (χ1n) is 10.1. The summed E-state index contributed by atoms with van der Waals surface area (Å²) in [6, 6.07) is 17.4. The molecular weight excluding hydrogens is 537 g/mol. The van der Waals surface area contributed by atoms with Gasteiger partial charge in [0.2, 0.25) is 11.6 Å². The number of hydrogen-bond donors (Lipinski definition) is 3. The predicted molar refractivity (Wildman–Crippen MR) is 131 cm³/mol. The topological polar surface area (TPSA) is 107 Å². The molecular formula is C24H26BrN3O3Se. The van der Waals surface area contributed by atoms with Crippen molar-refractivity contribution in [1.29, 1.82) is 0 Å². The minimum atomic E-state index is -0.436. The van der Waals surface area contributed by atoms with E-state index in [1.165, 1.54) is 4.46 Å². The summed E-state index contributed by atoms with van der Waals surface area (Å²) in [7, 11) is 0. The standard InChI is InChI=1S/C15H13BrO3.C9H13N3Se/c1-15(2)11(16)7-10-13(18)12(17)8-5-3-4-6-9(8)14(10)19-15;10-8(6-12-11)7-13-9-4-2-1-3-5-9/h3-6,11H,7H2,1-2H3;1-6,12H,7,10-11H2/b;8-6-. The Morgan fingerprint density at radius 2 is 1.75 bits per heavy atom. The van der Waals surface area contributed by atoms with E-state index in [2.05, 4.69) is 33.5 Å². The number of nitrogens with two attached hydrogens (primary N) is 2. The Bertz CT molecular complexity index is 1070. The third-order valence-electron chi connectivity index (χ3n) is 5.09.